The van der Waals surface area contributed by atoms with Gasteiger partial charge in [-0.3, -0.25) is 14.5 Å². The Morgan fingerprint density at radius 2 is 1.49 bits per heavy atom. The van der Waals surface area contributed by atoms with E-state index >= 15 is 0 Å². The molecule has 0 unspecified atom stereocenters. The van der Waals surface area contributed by atoms with Crippen molar-refractivity contribution in [3.63, 3.8) is 0 Å². The van der Waals surface area contributed by atoms with Crippen molar-refractivity contribution in [3.8, 4) is 6.07 Å². The predicted molar refractivity (Wildman–Crippen MR) is 157 cm³/mol. The molecule has 5 rings (SSSR count). The molecular weight excluding hydrogens is 538 g/mol. The number of piperazine rings is 1. The lowest BCUT2D eigenvalue weighted by molar-refractivity contribution is 0.0746. The summed E-state index contributed by atoms with van der Waals surface area (Å²) in [5.41, 5.74) is 3.83. The van der Waals surface area contributed by atoms with Gasteiger partial charge in [-0.15, -0.1) is 0 Å². The Morgan fingerprint density at radius 1 is 0.854 bits per heavy atom. The number of nitrogens with zero attached hydrogens (tertiary/aromatic N) is 7. The van der Waals surface area contributed by atoms with E-state index in [1.807, 2.05) is 53.4 Å². The number of hydrogen-bond acceptors (Lipinski definition) is 6. The van der Waals surface area contributed by atoms with Crippen LogP contribution in [-0.2, 0) is 6.54 Å². The smallest absolute Gasteiger partial charge is 0.360 e. The molecule has 2 aliphatic rings. The largest absolute Gasteiger partial charge is 0.368 e. The molecule has 3 aromatic carbocycles. The first-order chi connectivity index (χ1) is 20.0. The maximum Gasteiger partial charge on any atom is 0.360 e. The molecule has 2 saturated heterocycles. The highest BCUT2D eigenvalue weighted by Gasteiger charge is 2.24. The normalized spacial score (nSPS) is 16.0. The number of benzene rings is 3. The highest BCUT2D eigenvalue weighted by atomic mass is 35.5. The first kappa shape index (κ1) is 28.2. The lowest BCUT2D eigenvalue weighted by Crippen LogP contribution is -2.48. The van der Waals surface area contributed by atoms with Gasteiger partial charge in [-0.05, 0) is 79.1 Å². The van der Waals surface area contributed by atoms with E-state index in [-0.39, 0.29) is 11.9 Å². The van der Waals surface area contributed by atoms with Crippen LogP contribution in [0.5, 0.6) is 0 Å². The van der Waals surface area contributed by atoms with Crippen LogP contribution in [0.2, 0.25) is 5.02 Å². The van der Waals surface area contributed by atoms with Crippen molar-refractivity contribution in [2.75, 3.05) is 44.2 Å². The lowest BCUT2D eigenvalue weighted by atomic mass is 10.0. The topological polar surface area (TPSA) is 106 Å². The van der Waals surface area contributed by atoms with E-state index in [1.54, 1.807) is 24.3 Å². The average molecular weight is 569 g/mol. The second kappa shape index (κ2) is 13.3. The van der Waals surface area contributed by atoms with Crippen LogP contribution >= 0.6 is 11.6 Å². The lowest BCUT2D eigenvalue weighted by Gasteiger charge is -2.36. The molecule has 41 heavy (non-hydrogen) atoms. The fraction of sp³-hybridized carbons (Fsp3) is 0.323. The van der Waals surface area contributed by atoms with Crippen molar-refractivity contribution >= 4 is 29.1 Å². The Balaban J connectivity index is 1.07. The minimum atomic E-state index is -0.484. The fourth-order valence-corrected chi connectivity index (χ4v) is 5.22. The van der Waals surface area contributed by atoms with Gasteiger partial charge in [0.05, 0.1) is 11.6 Å². The van der Waals surface area contributed by atoms with Crippen LogP contribution in [0.1, 0.15) is 44.7 Å². The quantitative estimate of drug-likeness (QED) is 0.309. The highest BCUT2D eigenvalue weighted by Crippen LogP contribution is 2.20. The summed E-state index contributed by atoms with van der Waals surface area (Å²) in [5.74, 6) is -0.538. The highest BCUT2D eigenvalue weighted by molar-refractivity contribution is 6.30. The summed E-state index contributed by atoms with van der Waals surface area (Å²) in [4.78, 5) is 35.7. The van der Waals surface area contributed by atoms with Crippen LogP contribution in [-0.4, -0.2) is 66.9 Å². The second-order valence-corrected chi connectivity index (χ2v) is 10.7. The van der Waals surface area contributed by atoms with E-state index in [0.717, 1.165) is 51.3 Å². The van der Waals surface area contributed by atoms with E-state index in [1.165, 1.54) is 5.56 Å². The number of piperidine rings is 1. The minimum absolute atomic E-state index is 0.0314. The van der Waals surface area contributed by atoms with Crippen molar-refractivity contribution in [1.82, 2.24) is 14.7 Å². The number of carbonyl (C=O) groups is 2. The zero-order valence-electron chi connectivity index (χ0n) is 22.7. The molecule has 208 valence electrons. The van der Waals surface area contributed by atoms with E-state index in [2.05, 4.69) is 31.0 Å². The SMILES string of the molecule is N#Cc1ccc(CN2CCC(N=[N+]=NC(=O)c3ccc(C(=O)N4CCN(c5ccc(Cl)cc5)CC4)cc3)CC2)cc1. The maximum atomic E-state index is 13.0. The molecule has 0 spiro atoms. The number of anilines is 1. The predicted octanol–water partition coefficient (Wildman–Crippen LogP) is 4.95. The number of nitriles is 1. The van der Waals surface area contributed by atoms with Crippen LogP contribution in [0.15, 0.2) is 83.0 Å². The third kappa shape index (κ3) is 7.44. The third-order valence-corrected chi connectivity index (χ3v) is 7.79. The van der Waals surface area contributed by atoms with Gasteiger partial charge in [-0.25, -0.2) is 0 Å². The van der Waals surface area contributed by atoms with Gasteiger partial charge in [0.2, 0.25) is 10.0 Å². The monoisotopic (exact) mass is 568 g/mol. The van der Waals surface area contributed by atoms with E-state index in [0.29, 0.717) is 34.8 Å². The summed E-state index contributed by atoms with van der Waals surface area (Å²) in [6, 6.07) is 24.1. The molecule has 0 aromatic heterocycles. The molecule has 0 atom stereocenters. The van der Waals surface area contributed by atoms with Crippen molar-refractivity contribution in [2.24, 2.45) is 10.2 Å². The second-order valence-electron chi connectivity index (χ2n) is 10.3. The van der Waals surface area contributed by atoms with Gasteiger partial charge < -0.3 is 9.80 Å². The average Bonchev–Trinajstić information content (AvgIpc) is 3.02. The Labute approximate surface area is 244 Å². The number of amides is 2. The van der Waals surface area contributed by atoms with Gasteiger partial charge in [-0.1, -0.05) is 23.7 Å². The molecule has 9 nitrogen and oxygen atoms in total. The minimum Gasteiger partial charge on any atom is -0.368 e. The molecule has 0 saturated carbocycles. The molecule has 0 N–H and O–H groups in total. The summed E-state index contributed by atoms with van der Waals surface area (Å²) < 4.78 is 0. The number of rotatable bonds is 6. The van der Waals surface area contributed by atoms with Crippen molar-refractivity contribution in [1.29, 1.82) is 5.26 Å². The molecule has 2 heterocycles. The zero-order valence-corrected chi connectivity index (χ0v) is 23.5. The van der Waals surface area contributed by atoms with Crippen molar-refractivity contribution in [2.45, 2.75) is 25.4 Å². The number of halogens is 1. The Morgan fingerprint density at radius 3 is 2.12 bits per heavy atom. The van der Waals surface area contributed by atoms with Crippen LogP contribution in [0, 0.1) is 11.3 Å². The summed E-state index contributed by atoms with van der Waals surface area (Å²) in [6.45, 7) is 5.30. The van der Waals surface area contributed by atoms with E-state index in [4.69, 9.17) is 16.9 Å². The van der Waals surface area contributed by atoms with Gasteiger partial charge in [0.1, 0.15) is 11.2 Å². The van der Waals surface area contributed by atoms with Crippen LogP contribution < -0.4 is 9.81 Å². The first-order valence-electron chi connectivity index (χ1n) is 13.7. The number of likely N-dealkylation sites (tertiary alicyclic amines) is 1. The van der Waals surface area contributed by atoms with Gasteiger partial charge in [0.15, 0.2) is 0 Å². The van der Waals surface area contributed by atoms with Crippen LogP contribution in [0.25, 0.3) is 0 Å². The van der Waals surface area contributed by atoms with Gasteiger partial charge in [0, 0.05) is 67.7 Å². The van der Waals surface area contributed by atoms with Crippen molar-refractivity contribution in [3.05, 3.63) is 100 Å². The number of carbonyl (C=O) groups excluding carboxylic acids is 2. The van der Waals surface area contributed by atoms with Gasteiger partial charge in [-0.2, -0.15) is 5.26 Å². The molecule has 2 aliphatic heterocycles. The van der Waals surface area contributed by atoms with E-state index in [9.17, 15) is 9.59 Å². The summed E-state index contributed by atoms with van der Waals surface area (Å²) in [5, 5.41) is 17.7. The molecule has 3 aromatic rings. The Bertz CT molecular complexity index is 1460. The van der Waals surface area contributed by atoms with Crippen molar-refractivity contribution < 1.29 is 9.59 Å². The molecule has 2 fully saturated rings. The standard InChI is InChI=1S/C31H31ClN7O2/c32-27-9-11-29(12-10-27)38-17-19-39(20-18-38)31(41)26-7-5-25(6-8-26)30(40)35-36-34-28-13-15-37(16-14-28)22-24-3-1-23(21-33)2-4-24/h1-12,28H,13-20,22H2/q+1. The fourth-order valence-electron chi connectivity index (χ4n) is 5.09. The molecule has 0 bridgehead atoms. The summed E-state index contributed by atoms with van der Waals surface area (Å²) in [6.07, 6.45) is 1.68. The first-order valence-corrected chi connectivity index (χ1v) is 14.1. The van der Waals surface area contributed by atoms with Gasteiger partial charge >= 0.3 is 5.91 Å². The Hall–Kier alpha value is -4.35. The van der Waals surface area contributed by atoms with E-state index < -0.39 is 5.91 Å². The molecule has 0 radical (unpaired) electrons. The summed E-state index contributed by atoms with van der Waals surface area (Å²) >= 11 is 5.99. The Kier molecular flexibility index (Phi) is 9.17. The molecule has 10 heteroatoms. The maximum absolute atomic E-state index is 13.0. The zero-order chi connectivity index (χ0) is 28.6. The number of hydrogen-bond donors (Lipinski definition) is 0. The van der Waals surface area contributed by atoms with Crippen LogP contribution in [0.3, 0.4) is 0 Å². The third-order valence-electron chi connectivity index (χ3n) is 7.53. The van der Waals surface area contributed by atoms with Crippen LogP contribution in [0.4, 0.5) is 5.69 Å². The van der Waals surface area contributed by atoms with Gasteiger partial charge in [0.25, 0.3) is 5.91 Å². The summed E-state index contributed by atoms with van der Waals surface area (Å²) in [7, 11) is 0. The molecular formula is C31H31ClN7O2+. The molecule has 2 amide bonds. The molecule has 0 aliphatic carbocycles.